The molecule has 4 aromatic rings. The van der Waals surface area contributed by atoms with Gasteiger partial charge in [-0.2, -0.15) is 0 Å². The molecule has 4 rings (SSSR count). The third-order valence-electron chi connectivity index (χ3n) is 4.93. The number of amides is 1. The SMILES string of the molecule is Cc1cc(Cl)ccc1Cn1c(C)nc2ccc(C(=O)NS(=O)(=O)c3ccccc3)nc21. The molecule has 158 valence electrons. The van der Waals surface area contributed by atoms with E-state index in [1.165, 1.54) is 18.2 Å². The van der Waals surface area contributed by atoms with Gasteiger partial charge in [0.25, 0.3) is 15.9 Å². The Morgan fingerprint density at radius 1 is 1.03 bits per heavy atom. The van der Waals surface area contributed by atoms with Gasteiger partial charge in [-0.05, 0) is 61.4 Å². The molecule has 2 heterocycles. The zero-order chi connectivity index (χ0) is 22.2. The minimum absolute atomic E-state index is 0.00327. The summed E-state index contributed by atoms with van der Waals surface area (Å²) < 4.78 is 28.9. The Morgan fingerprint density at radius 2 is 1.77 bits per heavy atom. The van der Waals surface area contributed by atoms with Gasteiger partial charge in [-0.15, -0.1) is 0 Å². The second-order valence-corrected chi connectivity index (χ2v) is 9.22. The number of sulfonamides is 1. The summed E-state index contributed by atoms with van der Waals surface area (Å²) in [7, 11) is -4.00. The lowest BCUT2D eigenvalue weighted by Gasteiger charge is -2.10. The number of fused-ring (bicyclic) bond motifs is 1. The Bertz CT molecular complexity index is 1400. The average molecular weight is 455 g/mol. The molecule has 0 atom stereocenters. The van der Waals surface area contributed by atoms with Crippen LogP contribution in [0.1, 0.15) is 27.4 Å². The fourth-order valence-electron chi connectivity index (χ4n) is 3.27. The van der Waals surface area contributed by atoms with E-state index < -0.39 is 15.9 Å². The van der Waals surface area contributed by atoms with E-state index in [9.17, 15) is 13.2 Å². The maximum atomic E-state index is 12.6. The first-order valence-corrected chi connectivity index (χ1v) is 11.3. The average Bonchev–Trinajstić information content (AvgIpc) is 3.04. The van der Waals surface area contributed by atoms with Crippen molar-refractivity contribution in [1.29, 1.82) is 0 Å². The molecule has 0 unspecified atom stereocenters. The number of carbonyl (C=O) groups excluding carboxylic acids is 1. The summed E-state index contributed by atoms with van der Waals surface area (Å²) in [5.41, 5.74) is 3.16. The van der Waals surface area contributed by atoms with E-state index in [0.29, 0.717) is 22.7 Å². The Labute approximate surface area is 184 Å². The number of nitrogens with zero attached hydrogens (tertiary/aromatic N) is 3. The van der Waals surface area contributed by atoms with Crippen LogP contribution >= 0.6 is 11.6 Å². The van der Waals surface area contributed by atoms with Crippen LogP contribution in [-0.4, -0.2) is 28.9 Å². The van der Waals surface area contributed by atoms with Crippen molar-refractivity contribution in [1.82, 2.24) is 19.3 Å². The number of carbonyl (C=O) groups is 1. The Balaban J connectivity index is 1.67. The molecule has 31 heavy (non-hydrogen) atoms. The summed E-state index contributed by atoms with van der Waals surface area (Å²) >= 11 is 6.05. The molecule has 0 radical (unpaired) electrons. The number of halogens is 1. The van der Waals surface area contributed by atoms with Crippen LogP contribution in [0, 0.1) is 13.8 Å². The van der Waals surface area contributed by atoms with Gasteiger partial charge in [-0.1, -0.05) is 35.9 Å². The summed E-state index contributed by atoms with van der Waals surface area (Å²) in [4.78, 5) is 21.6. The summed E-state index contributed by atoms with van der Waals surface area (Å²) in [6.07, 6.45) is 0. The predicted octanol–water partition coefficient (Wildman–Crippen LogP) is 3.87. The number of aryl methyl sites for hydroxylation is 2. The lowest BCUT2D eigenvalue weighted by atomic mass is 10.1. The quantitative estimate of drug-likeness (QED) is 0.494. The Hall–Kier alpha value is -3.23. The third-order valence-corrected chi connectivity index (χ3v) is 6.51. The first kappa shape index (κ1) is 21.0. The van der Waals surface area contributed by atoms with Crippen molar-refractivity contribution in [3.8, 4) is 0 Å². The molecule has 0 bridgehead atoms. The standard InChI is InChI=1S/C22H19ClN4O3S/c1-14-12-17(23)9-8-16(14)13-27-15(2)24-19-10-11-20(25-21(19)27)22(28)26-31(29,30)18-6-4-3-5-7-18/h3-12H,13H2,1-2H3,(H,26,28). The van der Waals surface area contributed by atoms with Gasteiger partial charge in [0.2, 0.25) is 0 Å². The van der Waals surface area contributed by atoms with Crippen LogP contribution in [0.2, 0.25) is 5.02 Å². The number of hydrogen-bond donors (Lipinski definition) is 1. The van der Waals surface area contributed by atoms with E-state index in [1.54, 1.807) is 24.3 Å². The van der Waals surface area contributed by atoms with Gasteiger partial charge in [0, 0.05) is 5.02 Å². The van der Waals surface area contributed by atoms with E-state index in [-0.39, 0.29) is 10.6 Å². The molecule has 0 saturated heterocycles. The first-order chi connectivity index (χ1) is 14.7. The van der Waals surface area contributed by atoms with Crippen molar-refractivity contribution in [3.63, 3.8) is 0 Å². The van der Waals surface area contributed by atoms with Crippen molar-refractivity contribution in [2.24, 2.45) is 0 Å². The highest BCUT2D eigenvalue weighted by atomic mass is 35.5. The molecule has 0 spiro atoms. The zero-order valence-corrected chi connectivity index (χ0v) is 18.4. The molecular formula is C22H19ClN4O3S. The number of rotatable bonds is 5. The van der Waals surface area contributed by atoms with Crippen molar-refractivity contribution < 1.29 is 13.2 Å². The van der Waals surface area contributed by atoms with Gasteiger partial charge >= 0.3 is 0 Å². The lowest BCUT2D eigenvalue weighted by Crippen LogP contribution is -2.31. The maximum Gasteiger partial charge on any atom is 0.283 e. The number of nitrogens with one attached hydrogen (secondary N) is 1. The normalized spacial score (nSPS) is 11.6. The van der Waals surface area contributed by atoms with E-state index in [0.717, 1.165) is 17.0 Å². The second-order valence-electron chi connectivity index (χ2n) is 7.10. The molecule has 2 aromatic carbocycles. The Morgan fingerprint density at radius 3 is 2.48 bits per heavy atom. The fraction of sp³-hybridized carbons (Fsp3) is 0.136. The number of pyridine rings is 1. The summed E-state index contributed by atoms with van der Waals surface area (Å²) in [5, 5.41) is 0.658. The molecule has 0 aliphatic rings. The van der Waals surface area contributed by atoms with Crippen molar-refractivity contribution in [2.45, 2.75) is 25.3 Å². The molecule has 0 aliphatic carbocycles. The maximum absolute atomic E-state index is 12.6. The first-order valence-electron chi connectivity index (χ1n) is 9.46. The summed E-state index contributed by atoms with van der Waals surface area (Å²) in [5.74, 6) is -0.0786. The highest BCUT2D eigenvalue weighted by Gasteiger charge is 2.20. The van der Waals surface area contributed by atoms with Crippen LogP contribution in [0.4, 0.5) is 0 Å². The monoisotopic (exact) mass is 454 g/mol. The molecule has 0 aliphatic heterocycles. The predicted molar refractivity (Wildman–Crippen MR) is 119 cm³/mol. The van der Waals surface area contributed by atoms with Gasteiger partial charge in [-0.3, -0.25) is 4.79 Å². The van der Waals surface area contributed by atoms with Crippen LogP contribution in [-0.2, 0) is 16.6 Å². The molecule has 1 amide bonds. The van der Waals surface area contributed by atoms with E-state index >= 15 is 0 Å². The van der Waals surface area contributed by atoms with E-state index in [4.69, 9.17) is 11.6 Å². The smallest absolute Gasteiger partial charge is 0.283 e. The number of aromatic nitrogens is 3. The number of imidazole rings is 1. The van der Waals surface area contributed by atoms with Gasteiger partial charge in [0.15, 0.2) is 5.65 Å². The minimum atomic E-state index is -4.00. The van der Waals surface area contributed by atoms with Gasteiger partial charge in [0.05, 0.1) is 11.4 Å². The largest absolute Gasteiger partial charge is 0.308 e. The van der Waals surface area contributed by atoms with Crippen LogP contribution in [0.15, 0.2) is 65.6 Å². The van der Waals surface area contributed by atoms with Gasteiger partial charge in [0.1, 0.15) is 17.0 Å². The molecule has 7 nitrogen and oxygen atoms in total. The number of hydrogen-bond acceptors (Lipinski definition) is 5. The molecule has 1 N–H and O–H groups in total. The summed E-state index contributed by atoms with van der Waals surface area (Å²) in [6, 6.07) is 16.5. The highest BCUT2D eigenvalue weighted by Crippen LogP contribution is 2.21. The van der Waals surface area contributed by atoms with Crippen molar-refractivity contribution >= 4 is 38.7 Å². The van der Waals surface area contributed by atoms with Crippen molar-refractivity contribution in [2.75, 3.05) is 0 Å². The van der Waals surface area contributed by atoms with Gasteiger partial charge < -0.3 is 4.57 Å². The topological polar surface area (TPSA) is 94.0 Å². The van der Waals surface area contributed by atoms with Gasteiger partial charge in [-0.25, -0.2) is 23.1 Å². The highest BCUT2D eigenvalue weighted by molar-refractivity contribution is 7.90. The fourth-order valence-corrected chi connectivity index (χ4v) is 4.48. The van der Waals surface area contributed by atoms with Crippen molar-refractivity contribution in [3.05, 3.63) is 88.3 Å². The van der Waals surface area contributed by atoms with Crippen LogP contribution in [0.25, 0.3) is 11.2 Å². The molecule has 0 fully saturated rings. The molecular weight excluding hydrogens is 436 g/mol. The Kier molecular flexibility index (Phi) is 5.51. The van der Waals surface area contributed by atoms with Crippen LogP contribution in [0.3, 0.4) is 0 Å². The zero-order valence-electron chi connectivity index (χ0n) is 16.8. The summed E-state index contributed by atoms with van der Waals surface area (Å²) in [6.45, 7) is 4.31. The van der Waals surface area contributed by atoms with E-state index in [2.05, 4.69) is 14.7 Å². The number of benzene rings is 2. The molecule has 9 heteroatoms. The lowest BCUT2D eigenvalue weighted by molar-refractivity contribution is 0.0977. The second kappa shape index (κ2) is 8.13. The third kappa shape index (κ3) is 4.30. The van der Waals surface area contributed by atoms with Crippen LogP contribution < -0.4 is 4.72 Å². The minimum Gasteiger partial charge on any atom is -0.308 e. The van der Waals surface area contributed by atoms with Crippen LogP contribution in [0.5, 0.6) is 0 Å². The molecule has 0 saturated carbocycles. The van der Waals surface area contributed by atoms with E-state index in [1.807, 2.05) is 36.6 Å². The molecule has 2 aromatic heterocycles.